The Kier molecular flexibility index (Phi) is 4.90. The molecule has 1 aliphatic heterocycles. The topological polar surface area (TPSA) is 64.0 Å². The first-order valence-electron chi connectivity index (χ1n) is 8.54. The number of benzene rings is 2. The number of hydrogen-bond donors (Lipinski definition) is 1. The van der Waals surface area contributed by atoms with Gasteiger partial charge >= 0.3 is 0 Å². The number of halogens is 1. The van der Waals surface area contributed by atoms with Crippen LogP contribution in [-0.2, 0) is 22.3 Å². The van der Waals surface area contributed by atoms with Crippen LogP contribution in [0.5, 0.6) is 0 Å². The zero-order valence-corrected chi connectivity index (χ0v) is 17.9. The quantitative estimate of drug-likeness (QED) is 0.562. The molecule has 1 N–H and O–H groups in total. The number of carbonyl (C=O) groups excluding carboxylic acids is 1. The largest absolute Gasteiger partial charge is 0.306 e. The van der Waals surface area contributed by atoms with Gasteiger partial charge in [0.2, 0.25) is 0 Å². The van der Waals surface area contributed by atoms with Crippen LogP contribution in [0.4, 0.5) is 5.82 Å². The van der Waals surface area contributed by atoms with Crippen LogP contribution in [-0.4, -0.2) is 19.9 Å². The fourth-order valence-corrected chi connectivity index (χ4v) is 5.11. The Bertz CT molecular complexity index is 1090. The molecule has 0 fully saturated rings. The molecule has 0 aliphatic carbocycles. The van der Waals surface area contributed by atoms with Crippen molar-refractivity contribution < 1.29 is 9.00 Å². The van der Waals surface area contributed by atoms with E-state index in [9.17, 15) is 9.00 Å². The van der Waals surface area contributed by atoms with Crippen LogP contribution < -0.4 is 5.32 Å². The Hall–Kier alpha value is -2.00. The molecule has 1 unspecified atom stereocenters. The third kappa shape index (κ3) is 3.34. The van der Waals surface area contributed by atoms with E-state index in [1.807, 2.05) is 37.3 Å². The fourth-order valence-electron chi connectivity index (χ4n) is 3.22. The fraction of sp³-hybridized carbons (Fsp3) is 0.200. The van der Waals surface area contributed by atoms with Crippen molar-refractivity contribution in [3.05, 3.63) is 74.0 Å². The van der Waals surface area contributed by atoms with E-state index in [4.69, 9.17) is 0 Å². The van der Waals surface area contributed by atoms with Crippen molar-refractivity contribution in [3.8, 4) is 5.69 Å². The molecular formula is C20H18IN3O2S. The van der Waals surface area contributed by atoms with Gasteiger partial charge in [-0.15, -0.1) is 0 Å². The summed E-state index contributed by atoms with van der Waals surface area (Å²) in [4.78, 5) is 12.9. The lowest BCUT2D eigenvalue weighted by molar-refractivity contribution is 0.102. The highest BCUT2D eigenvalue weighted by Gasteiger charge is 2.29. The standard InChI is InChI=1S/C20H18IN3O2S/c1-12-6-5-9-18(13(12)2)24-19(15-10-27(26)11-17(15)23-24)22-20(25)14-7-3-4-8-16(14)21/h3-9H,10-11H2,1-2H3,(H,22,25). The molecule has 0 saturated carbocycles. The van der Waals surface area contributed by atoms with Gasteiger partial charge in [0.1, 0.15) is 5.82 Å². The van der Waals surface area contributed by atoms with Gasteiger partial charge in [-0.05, 0) is 65.8 Å². The first-order valence-corrected chi connectivity index (χ1v) is 11.1. The van der Waals surface area contributed by atoms with Crippen LogP contribution in [0.1, 0.15) is 32.7 Å². The molecule has 0 saturated heterocycles. The molecule has 1 amide bonds. The van der Waals surface area contributed by atoms with Gasteiger partial charge < -0.3 is 5.32 Å². The number of carbonyl (C=O) groups is 1. The van der Waals surface area contributed by atoms with Crippen LogP contribution in [0.3, 0.4) is 0 Å². The van der Waals surface area contributed by atoms with Crippen molar-refractivity contribution in [2.75, 3.05) is 5.32 Å². The van der Waals surface area contributed by atoms with Crippen LogP contribution in [0.2, 0.25) is 0 Å². The molecule has 0 spiro atoms. The van der Waals surface area contributed by atoms with E-state index in [0.717, 1.165) is 31.6 Å². The van der Waals surface area contributed by atoms with E-state index < -0.39 is 10.8 Å². The molecule has 1 aliphatic rings. The molecule has 27 heavy (non-hydrogen) atoms. The minimum atomic E-state index is -0.965. The second-order valence-electron chi connectivity index (χ2n) is 6.57. The van der Waals surface area contributed by atoms with Crippen LogP contribution >= 0.6 is 22.6 Å². The van der Waals surface area contributed by atoms with Crippen molar-refractivity contribution >= 4 is 45.1 Å². The van der Waals surface area contributed by atoms with Gasteiger partial charge in [-0.25, -0.2) is 4.68 Å². The lowest BCUT2D eigenvalue weighted by Gasteiger charge is -2.14. The lowest BCUT2D eigenvalue weighted by Crippen LogP contribution is -2.18. The molecule has 4 rings (SSSR count). The maximum absolute atomic E-state index is 12.9. The maximum atomic E-state index is 12.9. The first-order chi connectivity index (χ1) is 13.0. The summed E-state index contributed by atoms with van der Waals surface area (Å²) in [5.41, 5.74) is 5.46. The summed E-state index contributed by atoms with van der Waals surface area (Å²) in [6, 6.07) is 13.5. The van der Waals surface area contributed by atoms with Gasteiger partial charge in [0, 0.05) is 19.9 Å². The average Bonchev–Trinajstić information content (AvgIpc) is 3.15. The second-order valence-corrected chi connectivity index (χ2v) is 9.19. The molecular weight excluding hydrogens is 473 g/mol. The Balaban J connectivity index is 1.82. The molecule has 0 radical (unpaired) electrons. The molecule has 1 atom stereocenters. The molecule has 0 bridgehead atoms. The minimum Gasteiger partial charge on any atom is -0.306 e. The zero-order chi connectivity index (χ0) is 19.1. The van der Waals surface area contributed by atoms with Crippen molar-refractivity contribution in [1.82, 2.24) is 9.78 Å². The monoisotopic (exact) mass is 491 g/mol. The summed E-state index contributed by atoms with van der Waals surface area (Å²) in [5, 5.41) is 7.73. The van der Waals surface area contributed by atoms with Gasteiger partial charge in [0.25, 0.3) is 5.91 Å². The number of nitrogens with one attached hydrogen (secondary N) is 1. The number of anilines is 1. The number of amides is 1. The number of aromatic nitrogens is 2. The van der Waals surface area contributed by atoms with E-state index in [2.05, 4.69) is 46.0 Å². The number of nitrogens with zero attached hydrogens (tertiary/aromatic N) is 2. The highest BCUT2D eigenvalue weighted by atomic mass is 127. The van der Waals surface area contributed by atoms with Gasteiger partial charge in [-0.2, -0.15) is 5.10 Å². The molecule has 2 heterocycles. The second kappa shape index (κ2) is 7.20. The lowest BCUT2D eigenvalue weighted by atomic mass is 10.1. The van der Waals surface area contributed by atoms with Crippen molar-refractivity contribution in [2.24, 2.45) is 0 Å². The van der Waals surface area contributed by atoms with Crippen molar-refractivity contribution in [3.63, 3.8) is 0 Å². The van der Waals surface area contributed by atoms with E-state index in [0.29, 0.717) is 22.9 Å². The predicted molar refractivity (Wildman–Crippen MR) is 116 cm³/mol. The first kappa shape index (κ1) is 18.4. The number of hydrogen-bond acceptors (Lipinski definition) is 3. The smallest absolute Gasteiger partial charge is 0.257 e. The predicted octanol–water partition coefficient (Wildman–Crippen LogP) is 4.11. The van der Waals surface area contributed by atoms with Crippen molar-refractivity contribution in [1.29, 1.82) is 0 Å². The van der Waals surface area contributed by atoms with Crippen LogP contribution in [0.15, 0.2) is 42.5 Å². The molecule has 2 aromatic carbocycles. The number of rotatable bonds is 3. The summed E-state index contributed by atoms with van der Waals surface area (Å²) in [5.74, 6) is 1.28. The summed E-state index contributed by atoms with van der Waals surface area (Å²) in [7, 11) is -0.965. The summed E-state index contributed by atoms with van der Waals surface area (Å²) >= 11 is 2.16. The Labute approximate surface area is 173 Å². The van der Waals surface area contributed by atoms with E-state index in [1.165, 1.54) is 0 Å². The number of fused-ring (bicyclic) bond motifs is 1. The van der Waals surface area contributed by atoms with Gasteiger partial charge in [0.05, 0.1) is 28.5 Å². The van der Waals surface area contributed by atoms with Gasteiger partial charge in [-0.1, -0.05) is 24.3 Å². The normalized spacial score (nSPS) is 15.6. The molecule has 1 aromatic heterocycles. The Morgan fingerprint density at radius 3 is 2.70 bits per heavy atom. The Morgan fingerprint density at radius 2 is 1.93 bits per heavy atom. The van der Waals surface area contributed by atoms with Crippen LogP contribution in [0, 0.1) is 17.4 Å². The highest BCUT2D eigenvalue weighted by Crippen LogP contribution is 2.33. The van der Waals surface area contributed by atoms with Crippen LogP contribution in [0.25, 0.3) is 5.69 Å². The average molecular weight is 491 g/mol. The van der Waals surface area contributed by atoms with Gasteiger partial charge in [0.15, 0.2) is 0 Å². The Morgan fingerprint density at radius 1 is 1.15 bits per heavy atom. The minimum absolute atomic E-state index is 0.188. The highest BCUT2D eigenvalue weighted by molar-refractivity contribution is 14.1. The summed E-state index contributed by atoms with van der Waals surface area (Å²) < 4.78 is 14.7. The number of aryl methyl sites for hydroxylation is 1. The third-order valence-corrected chi connectivity index (χ3v) is 6.97. The molecule has 5 nitrogen and oxygen atoms in total. The third-order valence-electron chi connectivity index (χ3n) is 4.82. The van der Waals surface area contributed by atoms with E-state index in [-0.39, 0.29) is 5.91 Å². The van der Waals surface area contributed by atoms with E-state index in [1.54, 1.807) is 10.7 Å². The molecule has 7 heteroatoms. The molecule has 3 aromatic rings. The summed E-state index contributed by atoms with van der Waals surface area (Å²) in [6.07, 6.45) is 0. The zero-order valence-electron chi connectivity index (χ0n) is 15.0. The van der Waals surface area contributed by atoms with Gasteiger partial charge in [-0.3, -0.25) is 9.00 Å². The molecule has 138 valence electrons. The van der Waals surface area contributed by atoms with Crippen molar-refractivity contribution in [2.45, 2.75) is 25.4 Å². The maximum Gasteiger partial charge on any atom is 0.257 e. The van der Waals surface area contributed by atoms with E-state index >= 15 is 0 Å². The summed E-state index contributed by atoms with van der Waals surface area (Å²) in [6.45, 7) is 4.09. The SMILES string of the molecule is Cc1cccc(-n2nc3c(c2NC(=O)c2ccccc2I)CS(=O)C3)c1C.